The highest BCUT2D eigenvalue weighted by Gasteiger charge is 2.48. The molecular weight excluding hydrogens is 595 g/mol. The van der Waals surface area contributed by atoms with Gasteiger partial charge in [0, 0.05) is 32.3 Å². The number of nitrogens with zero attached hydrogens (tertiary/aromatic N) is 1. The van der Waals surface area contributed by atoms with Gasteiger partial charge in [-0.2, -0.15) is 8.62 Å². The number of carbonyl (C=O) groups excluding carboxylic acids is 1. The summed E-state index contributed by atoms with van der Waals surface area (Å²) in [7, 11) is -16.9. The van der Waals surface area contributed by atoms with E-state index >= 15 is 0 Å². The summed E-state index contributed by atoms with van der Waals surface area (Å²) in [5.74, 6) is -0.139. The lowest BCUT2D eigenvalue weighted by Gasteiger charge is -2.22. The minimum Gasteiger partial charge on any atom is -0.387 e. The van der Waals surface area contributed by atoms with Crippen molar-refractivity contribution in [3.05, 3.63) is 33.1 Å². The Bertz CT molecular complexity index is 1230. The van der Waals surface area contributed by atoms with Gasteiger partial charge in [0.1, 0.15) is 18.3 Å². The molecule has 7 N–H and O–H groups in total. The van der Waals surface area contributed by atoms with E-state index in [1.807, 2.05) is 4.98 Å². The number of rotatable bonds is 16. The van der Waals surface area contributed by atoms with Crippen LogP contribution in [0.3, 0.4) is 0 Å². The number of amides is 1. The van der Waals surface area contributed by atoms with Crippen molar-refractivity contribution in [3.8, 4) is 0 Å². The van der Waals surface area contributed by atoms with Crippen molar-refractivity contribution in [2.45, 2.75) is 57.1 Å². The molecule has 1 fully saturated rings. The van der Waals surface area contributed by atoms with Crippen LogP contribution in [-0.2, 0) is 41.1 Å². The lowest BCUT2D eigenvalue weighted by atomic mass is 10.1. The van der Waals surface area contributed by atoms with Crippen molar-refractivity contribution in [1.82, 2.24) is 14.9 Å². The van der Waals surface area contributed by atoms with Crippen molar-refractivity contribution >= 4 is 29.4 Å². The molecule has 1 aliphatic heterocycles. The quantitative estimate of drug-likeness (QED) is 0.0876. The minimum atomic E-state index is -5.76. The van der Waals surface area contributed by atoms with Gasteiger partial charge in [0.25, 0.3) is 5.56 Å². The number of H-pyrrole nitrogens is 1. The van der Waals surface area contributed by atoms with Crippen LogP contribution in [0.2, 0.25) is 0 Å². The zero-order valence-corrected chi connectivity index (χ0v) is 23.1. The molecular formula is C17H30N3O16P3. The van der Waals surface area contributed by atoms with Crippen LogP contribution in [0.5, 0.6) is 0 Å². The Morgan fingerprint density at radius 1 is 1.08 bits per heavy atom. The number of phosphoric acid groups is 3. The third kappa shape index (κ3) is 11.8. The average Bonchev–Trinajstić information content (AvgIpc) is 3.06. The molecule has 1 amide bonds. The van der Waals surface area contributed by atoms with Gasteiger partial charge in [-0.1, -0.05) is 12.8 Å². The average molecular weight is 625 g/mol. The molecule has 0 aliphatic carbocycles. The molecule has 19 nitrogen and oxygen atoms in total. The number of ether oxygens (including phenoxy) is 2. The summed E-state index contributed by atoms with van der Waals surface area (Å²) in [6.45, 7) is 1.02. The first-order valence-electron chi connectivity index (χ1n) is 11.3. The normalized spacial score (nSPS) is 24.7. The summed E-state index contributed by atoms with van der Waals surface area (Å²) in [4.78, 5) is 72.7. The molecule has 2 heterocycles. The summed E-state index contributed by atoms with van der Waals surface area (Å²) < 4.78 is 58.2. The number of hydrogen-bond donors (Lipinski definition) is 7. The smallest absolute Gasteiger partial charge is 0.387 e. The fourth-order valence-electron chi connectivity index (χ4n) is 3.42. The topological polar surface area (TPSA) is 282 Å². The monoisotopic (exact) mass is 625 g/mol. The van der Waals surface area contributed by atoms with E-state index in [4.69, 9.17) is 19.3 Å². The second-order valence-electron chi connectivity index (χ2n) is 8.19. The van der Waals surface area contributed by atoms with Crippen LogP contribution in [0.15, 0.2) is 21.9 Å². The van der Waals surface area contributed by atoms with Crippen LogP contribution < -0.4 is 16.6 Å². The number of unbranched alkanes of at least 4 members (excludes halogenated alkanes) is 3. The van der Waals surface area contributed by atoms with E-state index in [0.717, 1.165) is 29.7 Å². The number of aromatic nitrogens is 2. The van der Waals surface area contributed by atoms with Crippen molar-refractivity contribution in [1.29, 1.82) is 0 Å². The molecule has 1 aromatic heterocycles. The number of aliphatic hydroxyl groups excluding tert-OH is 1. The second kappa shape index (κ2) is 14.4. The lowest BCUT2D eigenvalue weighted by Crippen LogP contribution is -2.39. The molecule has 1 aliphatic rings. The maximum Gasteiger partial charge on any atom is 0.490 e. The standard InChI is InChI=1S/C17H30N3O16P3/c1-11(21)18-7-4-2-3-5-9-32-15-14(23)12(34-16(15)20-8-6-13(22)19-17(20)24)10-33-38(28,29)36-39(30,31)35-37(25,26)27/h6,8,12,14-16,23H,2-5,7,9-10H2,1H3,(H,18,21)(H,28,29)(H,30,31)(H,19,22,24)(H2,25,26,27)/t12-,14+,15?,16-/m1/s1. The summed E-state index contributed by atoms with van der Waals surface area (Å²) in [5.41, 5.74) is -1.63. The zero-order valence-electron chi connectivity index (χ0n) is 20.4. The van der Waals surface area contributed by atoms with E-state index < -0.39 is 65.9 Å². The molecule has 1 saturated heterocycles. The van der Waals surface area contributed by atoms with E-state index in [0.29, 0.717) is 19.4 Å². The van der Waals surface area contributed by atoms with Gasteiger partial charge >= 0.3 is 29.2 Å². The number of phosphoric ester groups is 1. The van der Waals surface area contributed by atoms with Gasteiger partial charge in [0.15, 0.2) is 6.23 Å². The SMILES string of the molecule is CC(=O)NCCCCCCOC1[C@@H](O)[C@@H](COP(=O)(O)OP(=O)(O)OP(=O)(O)O)O[C@H]1n1ccc(=O)[nH]c1=O. The van der Waals surface area contributed by atoms with E-state index in [1.165, 1.54) is 6.92 Å². The molecule has 39 heavy (non-hydrogen) atoms. The van der Waals surface area contributed by atoms with Crippen LogP contribution in [0.1, 0.15) is 38.8 Å². The van der Waals surface area contributed by atoms with Gasteiger partial charge in [-0.3, -0.25) is 23.7 Å². The van der Waals surface area contributed by atoms with Crippen LogP contribution in [0, 0.1) is 0 Å². The highest BCUT2D eigenvalue weighted by molar-refractivity contribution is 7.66. The molecule has 2 rings (SSSR count). The fourth-order valence-corrected chi connectivity index (χ4v) is 6.45. The van der Waals surface area contributed by atoms with Gasteiger partial charge < -0.3 is 39.5 Å². The fraction of sp³-hybridized carbons (Fsp3) is 0.706. The summed E-state index contributed by atoms with van der Waals surface area (Å²) in [5, 5.41) is 13.4. The van der Waals surface area contributed by atoms with Crippen molar-refractivity contribution in [2.75, 3.05) is 19.8 Å². The maximum absolute atomic E-state index is 12.3. The first-order chi connectivity index (χ1) is 18.0. The summed E-state index contributed by atoms with van der Waals surface area (Å²) in [6, 6.07) is 1.00. The molecule has 0 aromatic carbocycles. The maximum atomic E-state index is 12.3. The molecule has 6 atom stereocenters. The predicted octanol–water partition coefficient (Wildman–Crippen LogP) is -0.780. The molecule has 1 aromatic rings. The summed E-state index contributed by atoms with van der Waals surface area (Å²) in [6.07, 6.45) is -1.90. The third-order valence-corrected chi connectivity index (χ3v) is 8.81. The van der Waals surface area contributed by atoms with E-state index in [9.17, 15) is 43.0 Å². The first kappa shape index (κ1) is 33.6. The highest BCUT2D eigenvalue weighted by Crippen LogP contribution is 2.66. The van der Waals surface area contributed by atoms with E-state index in [1.54, 1.807) is 0 Å². The minimum absolute atomic E-state index is 0.0857. The zero-order chi connectivity index (χ0) is 29.4. The first-order valence-corrected chi connectivity index (χ1v) is 15.8. The van der Waals surface area contributed by atoms with Gasteiger partial charge in [-0.25, -0.2) is 18.5 Å². The van der Waals surface area contributed by atoms with Crippen LogP contribution in [-0.4, -0.2) is 78.2 Å². The predicted molar refractivity (Wildman–Crippen MR) is 128 cm³/mol. The number of aliphatic hydroxyl groups is 1. The Balaban J connectivity index is 2.04. The van der Waals surface area contributed by atoms with Gasteiger partial charge in [0.05, 0.1) is 6.61 Å². The Labute approximate surface area is 220 Å². The summed E-state index contributed by atoms with van der Waals surface area (Å²) >= 11 is 0. The van der Waals surface area contributed by atoms with Crippen molar-refractivity contribution in [3.63, 3.8) is 0 Å². The molecule has 224 valence electrons. The van der Waals surface area contributed by atoms with Gasteiger partial charge in [-0.15, -0.1) is 0 Å². The molecule has 0 saturated carbocycles. The number of carbonyl (C=O) groups is 1. The largest absolute Gasteiger partial charge is 0.490 e. The van der Waals surface area contributed by atoms with E-state index in [2.05, 4.69) is 18.5 Å². The van der Waals surface area contributed by atoms with Crippen LogP contribution in [0.25, 0.3) is 0 Å². The number of hydrogen-bond acceptors (Lipinski definition) is 12. The van der Waals surface area contributed by atoms with Crippen molar-refractivity contribution < 1.29 is 65.8 Å². The number of nitrogens with one attached hydrogen (secondary N) is 2. The van der Waals surface area contributed by atoms with Crippen molar-refractivity contribution in [2.24, 2.45) is 0 Å². The molecule has 0 radical (unpaired) electrons. The molecule has 22 heteroatoms. The Morgan fingerprint density at radius 3 is 2.36 bits per heavy atom. The molecule has 0 bridgehead atoms. The van der Waals surface area contributed by atoms with Gasteiger partial charge in [-0.05, 0) is 12.8 Å². The van der Waals surface area contributed by atoms with Crippen LogP contribution >= 0.6 is 23.5 Å². The Morgan fingerprint density at radius 2 is 1.74 bits per heavy atom. The molecule has 0 spiro atoms. The van der Waals surface area contributed by atoms with Crippen LogP contribution in [0.4, 0.5) is 0 Å². The lowest BCUT2D eigenvalue weighted by molar-refractivity contribution is -0.118. The Kier molecular flexibility index (Phi) is 12.4. The third-order valence-electron chi connectivity index (χ3n) is 5.01. The Hall–Kier alpha value is -1.56. The van der Waals surface area contributed by atoms with E-state index in [-0.39, 0.29) is 12.5 Å². The second-order valence-corrected chi connectivity index (χ2v) is 12.6. The highest BCUT2D eigenvalue weighted by atomic mass is 31.3. The van der Waals surface area contributed by atoms with Gasteiger partial charge in [0.2, 0.25) is 5.91 Å². The number of aromatic amines is 1. The molecule has 3 unspecified atom stereocenters.